The molecule has 0 aliphatic carbocycles. The summed E-state index contributed by atoms with van der Waals surface area (Å²) in [7, 11) is 1.63. The molecular formula is C25H25N5O3S. The molecule has 1 unspecified atom stereocenters. The molecule has 1 N–H and O–H groups in total. The molecule has 0 saturated carbocycles. The Morgan fingerprint density at radius 3 is 2.88 bits per heavy atom. The number of methoxy groups -OCH3 is 1. The number of hydrogen-bond acceptors (Lipinski definition) is 6. The van der Waals surface area contributed by atoms with Crippen LogP contribution in [-0.4, -0.2) is 40.1 Å². The first-order valence-corrected chi connectivity index (χ1v) is 12.0. The molecule has 174 valence electrons. The molecule has 1 fully saturated rings. The molecule has 5 rings (SSSR count). The number of fused-ring (bicyclic) bond motifs is 1. The normalized spacial score (nSPS) is 15.8. The maximum Gasteiger partial charge on any atom is 0.250 e. The third-order valence-electron chi connectivity index (χ3n) is 6.15. The van der Waals surface area contributed by atoms with Crippen molar-refractivity contribution in [1.29, 1.82) is 0 Å². The third kappa shape index (κ3) is 3.92. The van der Waals surface area contributed by atoms with E-state index < -0.39 is 5.92 Å². The van der Waals surface area contributed by atoms with Gasteiger partial charge in [0.05, 0.1) is 18.7 Å². The lowest BCUT2D eigenvalue weighted by molar-refractivity contribution is -0.122. The molecule has 8 nitrogen and oxygen atoms in total. The highest BCUT2D eigenvalue weighted by Gasteiger charge is 2.36. The van der Waals surface area contributed by atoms with Crippen LogP contribution in [0.3, 0.4) is 0 Å². The second-order valence-electron chi connectivity index (χ2n) is 8.31. The van der Waals surface area contributed by atoms with Gasteiger partial charge < -0.3 is 9.64 Å². The van der Waals surface area contributed by atoms with E-state index in [4.69, 9.17) is 4.74 Å². The number of nitrogens with zero attached hydrogens (tertiary/aromatic N) is 4. The summed E-state index contributed by atoms with van der Waals surface area (Å²) in [6, 6.07) is 13.7. The minimum absolute atomic E-state index is 0.0387. The molecule has 34 heavy (non-hydrogen) atoms. The van der Waals surface area contributed by atoms with Crippen LogP contribution in [0.5, 0.6) is 5.75 Å². The van der Waals surface area contributed by atoms with Crippen LogP contribution in [0.15, 0.2) is 47.8 Å². The first kappa shape index (κ1) is 22.1. The summed E-state index contributed by atoms with van der Waals surface area (Å²) >= 11 is 1.44. The molecular weight excluding hydrogens is 450 g/mol. The second kappa shape index (κ2) is 8.90. The van der Waals surface area contributed by atoms with Crippen LogP contribution in [0.2, 0.25) is 0 Å². The van der Waals surface area contributed by atoms with E-state index >= 15 is 0 Å². The zero-order valence-electron chi connectivity index (χ0n) is 19.2. The van der Waals surface area contributed by atoms with Crippen LogP contribution in [0, 0.1) is 12.8 Å². The van der Waals surface area contributed by atoms with Gasteiger partial charge >= 0.3 is 0 Å². The van der Waals surface area contributed by atoms with Crippen molar-refractivity contribution in [3.63, 3.8) is 0 Å². The topological polar surface area (TPSA) is 88.8 Å². The molecule has 1 aliphatic heterocycles. The molecule has 0 bridgehead atoms. The highest BCUT2D eigenvalue weighted by molar-refractivity contribution is 7.15. The number of carbonyl (C=O) groups is 2. The van der Waals surface area contributed by atoms with Crippen molar-refractivity contribution in [3.8, 4) is 17.0 Å². The smallest absolute Gasteiger partial charge is 0.250 e. The van der Waals surface area contributed by atoms with Crippen molar-refractivity contribution in [1.82, 2.24) is 14.6 Å². The average molecular weight is 476 g/mol. The maximum atomic E-state index is 13.0. The van der Waals surface area contributed by atoms with Gasteiger partial charge in [-0.3, -0.25) is 14.9 Å². The van der Waals surface area contributed by atoms with Crippen molar-refractivity contribution < 1.29 is 14.3 Å². The molecule has 1 saturated heterocycles. The van der Waals surface area contributed by atoms with Crippen molar-refractivity contribution >= 4 is 39.7 Å². The zero-order chi connectivity index (χ0) is 23.8. The van der Waals surface area contributed by atoms with Crippen molar-refractivity contribution in [2.45, 2.75) is 26.7 Å². The number of rotatable bonds is 6. The Bertz CT molecular complexity index is 1390. The number of hydrogen-bond donors (Lipinski definition) is 1. The van der Waals surface area contributed by atoms with Gasteiger partial charge in [0.1, 0.15) is 5.75 Å². The fraction of sp³-hybridized carbons (Fsp3) is 0.280. The molecule has 1 aliphatic rings. The van der Waals surface area contributed by atoms with Gasteiger partial charge in [-0.2, -0.15) is 4.98 Å². The summed E-state index contributed by atoms with van der Waals surface area (Å²) < 4.78 is 7.03. The van der Waals surface area contributed by atoms with Gasteiger partial charge in [-0.15, -0.1) is 16.4 Å². The molecule has 2 aromatic carbocycles. The molecule has 0 radical (unpaired) electrons. The monoisotopic (exact) mass is 475 g/mol. The Labute approximate surface area is 201 Å². The average Bonchev–Trinajstić information content (AvgIpc) is 3.53. The van der Waals surface area contributed by atoms with Gasteiger partial charge in [0.2, 0.25) is 22.7 Å². The Hall–Kier alpha value is -3.72. The summed E-state index contributed by atoms with van der Waals surface area (Å²) in [6.07, 6.45) is 0.989. The van der Waals surface area contributed by atoms with Crippen molar-refractivity contribution in [2.75, 3.05) is 23.9 Å². The molecule has 2 aromatic heterocycles. The second-order valence-corrected chi connectivity index (χ2v) is 9.15. The van der Waals surface area contributed by atoms with Crippen molar-refractivity contribution in [2.24, 2.45) is 5.92 Å². The quantitative estimate of drug-likeness (QED) is 0.448. The van der Waals surface area contributed by atoms with Gasteiger partial charge in [-0.25, -0.2) is 4.52 Å². The van der Waals surface area contributed by atoms with Gasteiger partial charge in [0.15, 0.2) is 0 Å². The lowest BCUT2D eigenvalue weighted by atomic mass is 10.0. The Morgan fingerprint density at radius 1 is 1.26 bits per heavy atom. The van der Waals surface area contributed by atoms with Crippen molar-refractivity contribution in [3.05, 3.63) is 59.0 Å². The summed E-state index contributed by atoms with van der Waals surface area (Å²) in [5.74, 6) is 0.237. The SMILES string of the molecule is CCc1cccc(C)c1N1CC(C(=O)Nc2nc3scc(-c4cccc(OC)c4)n3n2)CC1=O. The van der Waals surface area contributed by atoms with E-state index in [-0.39, 0.29) is 24.2 Å². The number of para-hydroxylation sites is 1. The minimum atomic E-state index is -0.462. The fourth-order valence-corrected chi connectivity index (χ4v) is 5.25. The largest absolute Gasteiger partial charge is 0.497 e. The lowest BCUT2D eigenvalue weighted by Gasteiger charge is -2.22. The summed E-state index contributed by atoms with van der Waals surface area (Å²) in [5, 5.41) is 9.28. The maximum absolute atomic E-state index is 13.0. The summed E-state index contributed by atoms with van der Waals surface area (Å²) in [6.45, 7) is 4.41. The van der Waals surface area contributed by atoms with Crippen LogP contribution in [0.25, 0.3) is 16.2 Å². The number of nitrogens with one attached hydrogen (secondary N) is 1. The molecule has 1 atom stereocenters. The molecule has 3 heterocycles. The predicted molar refractivity (Wildman–Crippen MR) is 132 cm³/mol. The first-order chi connectivity index (χ1) is 16.5. The predicted octanol–water partition coefficient (Wildman–Crippen LogP) is 4.33. The van der Waals surface area contributed by atoms with Gasteiger partial charge in [0.25, 0.3) is 0 Å². The standard InChI is InChI=1S/C25H25N5O3S/c1-4-16-8-5-7-15(2)22(16)29-13-18(12-21(29)31)23(32)26-24-27-25-30(28-24)20(14-34-25)17-9-6-10-19(11-17)33-3/h5-11,14,18H,4,12-13H2,1-3H3,(H,26,28,32). The number of anilines is 2. The summed E-state index contributed by atoms with van der Waals surface area (Å²) in [5.41, 5.74) is 4.87. The van der Waals surface area contributed by atoms with E-state index in [9.17, 15) is 9.59 Å². The Kier molecular flexibility index (Phi) is 5.79. The van der Waals surface area contributed by atoms with E-state index in [2.05, 4.69) is 22.3 Å². The number of carbonyl (C=O) groups excluding carboxylic acids is 2. The van der Waals surface area contributed by atoms with E-state index in [1.54, 1.807) is 16.5 Å². The molecule has 9 heteroatoms. The van der Waals surface area contributed by atoms with Crippen LogP contribution in [0.4, 0.5) is 11.6 Å². The minimum Gasteiger partial charge on any atom is -0.497 e. The van der Waals surface area contributed by atoms with E-state index in [1.807, 2.05) is 54.8 Å². The van der Waals surface area contributed by atoms with E-state index in [0.717, 1.165) is 40.2 Å². The van der Waals surface area contributed by atoms with Crippen LogP contribution < -0.4 is 15.0 Å². The number of ether oxygens (including phenoxy) is 1. The fourth-order valence-electron chi connectivity index (χ4n) is 4.42. The lowest BCUT2D eigenvalue weighted by Crippen LogP contribution is -2.29. The highest BCUT2D eigenvalue weighted by Crippen LogP contribution is 2.32. The Morgan fingerprint density at radius 2 is 2.09 bits per heavy atom. The molecule has 0 spiro atoms. The van der Waals surface area contributed by atoms with E-state index in [1.165, 1.54) is 11.3 Å². The van der Waals surface area contributed by atoms with Gasteiger partial charge in [-0.1, -0.05) is 37.3 Å². The number of aryl methyl sites for hydroxylation is 2. The Balaban J connectivity index is 1.35. The highest BCUT2D eigenvalue weighted by atomic mass is 32.1. The van der Waals surface area contributed by atoms with Crippen LogP contribution in [0.1, 0.15) is 24.5 Å². The molecule has 2 amide bonds. The van der Waals surface area contributed by atoms with Gasteiger partial charge in [0, 0.05) is 29.6 Å². The first-order valence-electron chi connectivity index (χ1n) is 11.2. The number of benzene rings is 2. The zero-order valence-corrected chi connectivity index (χ0v) is 20.1. The number of thiazole rings is 1. The number of aromatic nitrogens is 3. The number of amides is 2. The van der Waals surface area contributed by atoms with Crippen LogP contribution >= 0.6 is 11.3 Å². The van der Waals surface area contributed by atoms with Gasteiger partial charge in [-0.05, 0) is 36.6 Å². The molecule has 4 aromatic rings. The van der Waals surface area contributed by atoms with Crippen LogP contribution in [-0.2, 0) is 16.0 Å². The van der Waals surface area contributed by atoms with E-state index in [0.29, 0.717) is 11.5 Å². The summed E-state index contributed by atoms with van der Waals surface area (Å²) in [4.78, 5) is 32.7. The third-order valence-corrected chi connectivity index (χ3v) is 6.97.